The van der Waals surface area contributed by atoms with Crippen molar-refractivity contribution in [1.82, 2.24) is 0 Å². The molecule has 1 fully saturated rings. The van der Waals surface area contributed by atoms with E-state index in [-0.39, 0.29) is 0 Å². The summed E-state index contributed by atoms with van der Waals surface area (Å²) in [6, 6.07) is 0. The Kier molecular flexibility index (Phi) is 4.39. The van der Waals surface area contributed by atoms with Crippen LogP contribution in [0.3, 0.4) is 0 Å². The highest BCUT2D eigenvalue weighted by atomic mass is 19.4. The number of alkyl halides is 5. The monoisotopic (exact) mass is 320 g/mol. The van der Waals surface area contributed by atoms with Crippen LogP contribution in [0.15, 0.2) is 12.7 Å². The van der Waals surface area contributed by atoms with Crippen LogP contribution in [0.4, 0.5) is 22.0 Å². The molecule has 0 amide bonds. The number of carbonyl (C=O) groups is 1. The van der Waals surface area contributed by atoms with Gasteiger partial charge in [-0.15, -0.1) is 0 Å². The molecule has 3 unspecified atom stereocenters. The van der Waals surface area contributed by atoms with Crippen LogP contribution >= 0.6 is 0 Å². The fourth-order valence-electron chi connectivity index (χ4n) is 1.75. The summed E-state index contributed by atoms with van der Waals surface area (Å²) in [6.45, 7) is 2.02. The van der Waals surface area contributed by atoms with Crippen LogP contribution in [0.5, 0.6) is 0 Å². The molecule has 5 nitrogen and oxygen atoms in total. The quantitative estimate of drug-likeness (QED) is 0.461. The normalized spacial score (nSPS) is 36.1. The molecule has 21 heavy (non-hydrogen) atoms. The van der Waals surface area contributed by atoms with Gasteiger partial charge in [0.05, 0.1) is 12.0 Å². The first-order valence-electron chi connectivity index (χ1n) is 5.60. The molecule has 1 aliphatic heterocycles. The first-order valence-corrected chi connectivity index (χ1v) is 5.60. The lowest BCUT2D eigenvalue weighted by atomic mass is 9.77. The smallest absolute Gasteiger partial charge is 0.449 e. The summed E-state index contributed by atoms with van der Waals surface area (Å²) in [4.78, 5) is 10.9. The number of carbonyl (C=O) groups excluding carboxylic acids is 1. The van der Waals surface area contributed by atoms with Crippen LogP contribution in [0, 0.1) is 5.41 Å². The number of aliphatic hydroxyl groups excluding tert-OH is 1. The molecule has 2 N–H and O–H groups in total. The van der Waals surface area contributed by atoms with E-state index in [1.807, 2.05) is 0 Å². The van der Waals surface area contributed by atoms with Gasteiger partial charge in [0.2, 0.25) is 0 Å². The molecule has 0 aromatic carbocycles. The van der Waals surface area contributed by atoms with Crippen molar-refractivity contribution in [3.8, 4) is 0 Å². The first kappa shape index (κ1) is 17.8. The Morgan fingerprint density at radius 3 is 2.48 bits per heavy atom. The highest BCUT2D eigenvalue weighted by molar-refractivity contribution is 5.81. The molecule has 0 saturated carbocycles. The van der Waals surface area contributed by atoms with E-state index in [0.717, 1.165) is 6.92 Å². The molecular formula is C11H13F5O5. The third kappa shape index (κ3) is 2.74. The number of aliphatic hydroxyl groups is 2. The van der Waals surface area contributed by atoms with Gasteiger partial charge in [-0.2, -0.15) is 22.0 Å². The topological polar surface area (TPSA) is 76.0 Å². The maximum Gasteiger partial charge on any atom is 0.449 e. The van der Waals surface area contributed by atoms with E-state index in [1.165, 1.54) is 0 Å². The Morgan fingerprint density at radius 1 is 1.52 bits per heavy atom. The predicted octanol–water partition coefficient (Wildman–Crippen LogP) is 0.999. The van der Waals surface area contributed by atoms with Gasteiger partial charge in [-0.1, -0.05) is 13.5 Å². The van der Waals surface area contributed by atoms with E-state index in [2.05, 4.69) is 16.1 Å². The summed E-state index contributed by atoms with van der Waals surface area (Å²) in [5.74, 6) is -10.9. The van der Waals surface area contributed by atoms with Crippen LogP contribution < -0.4 is 0 Å². The second-order valence-electron chi connectivity index (χ2n) is 4.92. The number of halogens is 5. The number of ether oxygens (including phenoxy) is 2. The summed E-state index contributed by atoms with van der Waals surface area (Å²) >= 11 is 0. The van der Waals surface area contributed by atoms with Crippen LogP contribution in [0.25, 0.3) is 0 Å². The largest absolute Gasteiger partial charge is 0.462 e. The van der Waals surface area contributed by atoms with Gasteiger partial charge in [-0.3, -0.25) is 0 Å². The molecule has 0 aromatic rings. The zero-order valence-electron chi connectivity index (χ0n) is 10.8. The fourth-order valence-corrected chi connectivity index (χ4v) is 1.75. The minimum atomic E-state index is -5.82. The Balaban J connectivity index is 3.05. The Hall–Kier alpha value is -1.26. The molecule has 0 bridgehead atoms. The van der Waals surface area contributed by atoms with E-state index in [4.69, 9.17) is 5.11 Å². The molecular weight excluding hydrogens is 307 g/mol. The zero-order chi connectivity index (χ0) is 16.7. The van der Waals surface area contributed by atoms with Crippen LogP contribution in [-0.2, 0) is 14.3 Å². The maximum atomic E-state index is 13.7. The standard InChI is InChI=1S/C11H13F5O5/c1-3-6(17)20-4-8(2)5-21-10(19,11(14,15)16)9(12,13)7(8)18/h3,7,18-19H,1,4-5H2,2H3. The van der Waals surface area contributed by atoms with E-state index in [1.54, 1.807) is 0 Å². The lowest BCUT2D eigenvalue weighted by Crippen LogP contribution is -2.73. The third-order valence-corrected chi connectivity index (χ3v) is 3.16. The van der Waals surface area contributed by atoms with Gasteiger partial charge < -0.3 is 19.7 Å². The lowest BCUT2D eigenvalue weighted by Gasteiger charge is -2.49. The molecule has 1 aliphatic rings. The van der Waals surface area contributed by atoms with Crippen LogP contribution in [0.2, 0.25) is 0 Å². The van der Waals surface area contributed by atoms with Crippen LogP contribution in [0.1, 0.15) is 6.92 Å². The Bertz CT molecular complexity index is 437. The molecule has 122 valence electrons. The first-order chi connectivity index (χ1) is 9.32. The van der Waals surface area contributed by atoms with Crippen LogP contribution in [-0.4, -0.2) is 53.4 Å². The molecule has 0 spiro atoms. The Morgan fingerprint density at radius 2 is 2.05 bits per heavy atom. The van der Waals surface area contributed by atoms with Crippen molar-refractivity contribution in [2.75, 3.05) is 13.2 Å². The van der Waals surface area contributed by atoms with Gasteiger partial charge in [-0.25, -0.2) is 4.79 Å². The van der Waals surface area contributed by atoms with E-state index >= 15 is 0 Å². The number of hydrogen-bond acceptors (Lipinski definition) is 5. The molecule has 1 saturated heterocycles. The van der Waals surface area contributed by atoms with Crippen molar-refractivity contribution >= 4 is 5.97 Å². The molecule has 3 atom stereocenters. The second-order valence-corrected chi connectivity index (χ2v) is 4.92. The third-order valence-electron chi connectivity index (χ3n) is 3.16. The number of esters is 1. The number of hydrogen-bond donors (Lipinski definition) is 2. The second kappa shape index (κ2) is 5.18. The van der Waals surface area contributed by atoms with Gasteiger partial charge in [0.15, 0.2) is 0 Å². The van der Waals surface area contributed by atoms with Crippen molar-refractivity contribution in [3.05, 3.63) is 12.7 Å². The number of rotatable bonds is 3. The maximum absolute atomic E-state index is 13.7. The molecule has 0 aromatic heterocycles. The highest BCUT2D eigenvalue weighted by Gasteiger charge is 2.78. The average molecular weight is 320 g/mol. The summed E-state index contributed by atoms with van der Waals surface area (Å²) in [5.41, 5.74) is -2.04. The van der Waals surface area contributed by atoms with Gasteiger partial charge in [-0.05, 0) is 0 Å². The molecule has 1 heterocycles. The van der Waals surface area contributed by atoms with Crippen molar-refractivity contribution in [3.63, 3.8) is 0 Å². The molecule has 0 aliphatic carbocycles. The summed E-state index contributed by atoms with van der Waals surface area (Å²) < 4.78 is 73.5. The van der Waals surface area contributed by atoms with E-state index in [0.29, 0.717) is 6.08 Å². The Labute approximate surface area is 115 Å². The van der Waals surface area contributed by atoms with Gasteiger partial charge in [0.1, 0.15) is 12.7 Å². The fraction of sp³-hybridized carbons (Fsp3) is 0.727. The van der Waals surface area contributed by atoms with Gasteiger partial charge in [0.25, 0.3) is 0 Å². The molecule has 0 radical (unpaired) electrons. The predicted molar refractivity (Wildman–Crippen MR) is 57.2 cm³/mol. The van der Waals surface area contributed by atoms with Crippen molar-refractivity contribution in [2.45, 2.75) is 30.9 Å². The van der Waals surface area contributed by atoms with Gasteiger partial charge in [0, 0.05) is 6.08 Å². The van der Waals surface area contributed by atoms with Crippen molar-refractivity contribution in [1.29, 1.82) is 0 Å². The van der Waals surface area contributed by atoms with Crippen molar-refractivity contribution < 1.29 is 46.4 Å². The summed E-state index contributed by atoms with van der Waals surface area (Å²) in [7, 11) is 0. The highest BCUT2D eigenvalue weighted by Crippen LogP contribution is 2.52. The molecule has 1 rings (SSSR count). The summed E-state index contributed by atoms with van der Waals surface area (Å²) in [5, 5.41) is 18.6. The van der Waals surface area contributed by atoms with E-state index < -0.39 is 48.6 Å². The van der Waals surface area contributed by atoms with E-state index in [9.17, 15) is 31.9 Å². The summed E-state index contributed by atoms with van der Waals surface area (Å²) in [6.07, 6.45) is -8.07. The lowest BCUT2D eigenvalue weighted by molar-refractivity contribution is -0.472. The SMILES string of the molecule is C=CC(=O)OCC1(C)COC(O)(C(F)(F)F)C(F)(F)C1O. The van der Waals surface area contributed by atoms with Crippen molar-refractivity contribution in [2.24, 2.45) is 5.41 Å². The minimum Gasteiger partial charge on any atom is -0.462 e. The average Bonchev–Trinajstić information content (AvgIpc) is 2.38. The molecule has 10 heteroatoms. The minimum absolute atomic E-state index is 0.712. The zero-order valence-corrected chi connectivity index (χ0v) is 10.8. The van der Waals surface area contributed by atoms with Gasteiger partial charge >= 0.3 is 23.9 Å².